The van der Waals surface area contributed by atoms with E-state index in [0.717, 1.165) is 25.3 Å². The van der Waals surface area contributed by atoms with Gasteiger partial charge in [-0.3, -0.25) is 4.79 Å². The Morgan fingerprint density at radius 3 is 2.81 bits per heavy atom. The number of hydrogen-bond donors (Lipinski definition) is 1. The largest absolute Gasteiger partial charge is 0.465 e. The number of esters is 1. The van der Waals surface area contributed by atoms with Gasteiger partial charge in [-0.2, -0.15) is 0 Å². The number of hydrogen-bond acceptors (Lipinski definition) is 3. The van der Waals surface area contributed by atoms with Crippen molar-refractivity contribution in [2.24, 2.45) is 5.92 Å². The zero-order valence-corrected chi connectivity index (χ0v) is 10.5. The van der Waals surface area contributed by atoms with Crippen molar-refractivity contribution in [1.82, 2.24) is 5.32 Å². The summed E-state index contributed by atoms with van der Waals surface area (Å²) in [5.41, 5.74) is 0. The van der Waals surface area contributed by atoms with E-state index in [-0.39, 0.29) is 5.97 Å². The van der Waals surface area contributed by atoms with Gasteiger partial charge in [0, 0.05) is 0 Å². The molecule has 0 saturated heterocycles. The fraction of sp³-hybridized carbons (Fsp3) is 0.923. The molecule has 0 aromatic heterocycles. The van der Waals surface area contributed by atoms with Gasteiger partial charge in [0.1, 0.15) is 0 Å². The van der Waals surface area contributed by atoms with E-state index in [2.05, 4.69) is 12.2 Å². The molecule has 16 heavy (non-hydrogen) atoms. The maximum atomic E-state index is 11.2. The summed E-state index contributed by atoms with van der Waals surface area (Å²) in [6.07, 6.45) is 8.79. The fourth-order valence-corrected chi connectivity index (χ4v) is 2.18. The molecule has 0 aromatic rings. The molecule has 1 saturated carbocycles. The highest BCUT2D eigenvalue weighted by Gasteiger charge is 2.14. The molecular weight excluding hydrogens is 202 g/mol. The van der Waals surface area contributed by atoms with Crippen LogP contribution >= 0.6 is 0 Å². The Kier molecular flexibility index (Phi) is 7.23. The summed E-state index contributed by atoms with van der Waals surface area (Å²) in [6.45, 7) is 3.98. The van der Waals surface area contributed by atoms with E-state index in [9.17, 15) is 4.79 Å². The SMILES string of the molecule is CCCCOC(=O)CNCCC1CCCC1. The molecule has 1 aliphatic carbocycles. The number of unbranched alkanes of at least 4 members (excludes halogenated alkanes) is 1. The van der Waals surface area contributed by atoms with Gasteiger partial charge < -0.3 is 10.1 Å². The van der Waals surface area contributed by atoms with Gasteiger partial charge in [-0.1, -0.05) is 39.0 Å². The number of carbonyl (C=O) groups is 1. The average Bonchev–Trinajstić information content (AvgIpc) is 2.78. The topological polar surface area (TPSA) is 38.3 Å². The third kappa shape index (κ3) is 6.11. The van der Waals surface area contributed by atoms with E-state index in [4.69, 9.17) is 4.74 Å². The summed E-state index contributed by atoms with van der Waals surface area (Å²) in [6, 6.07) is 0. The summed E-state index contributed by atoms with van der Waals surface area (Å²) >= 11 is 0. The molecule has 3 nitrogen and oxygen atoms in total. The summed E-state index contributed by atoms with van der Waals surface area (Å²) in [5.74, 6) is 0.781. The van der Waals surface area contributed by atoms with Crippen LogP contribution in [0.3, 0.4) is 0 Å². The number of rotatable bonds is 8. The van der Waals surface area contributed by atoms with Crippen LogP contribution in [-0.4, -0.2) is 25.7 Å². The van der Waals surface area contributed by atoms with Crippen LogP contribution in [0.15, 0.2) is 0 Å². The van der Waals surface area contributed by atoms with Crippen molar-refractivity contribution in [3.05, 3.63) is 0 Å². The Morgan fingerprint density at radius 1 is 1.38 bits per heavy atom. The number of ether oxygens (including phenoxy) is 1. The van der Waals surface area contributed by atoms with Crippen molar-refractivity contribution < 1.29 is 9.53 Å². The van der Waals surface area contributed by atoms with Gasteiger partial charge >= 0.3 is 5.97 Å². The lowest BCUT2D eigenvalue weighted by molar-refractivity contribution is -0.142. The predicted octanol–water partition coefficient (Wildman–Crippen LogP) is 2.50. The van der Waals surface area contributed by atoms with E-state index in [1.807, 2.05) is 0 Å². The first-order valence-corrected chi connectivity index (χ1v) is 6.69. The van der Waals surface area contributed by atoms with Crippen molar-refractivity contribution in [1.29, 1.82) is 0 Å². The molecule has 94 valence electrons. The average molecular weight is 227 g/mol. The first-order chi connectivity index (χ1) is 7.83. The molecule has 0 aromatic carbocycles. The minimum Gasteiger partial charge on any atom is -0.465 e. The zero-order chi connectivity index (χ0) is 11.6. The summed E-state index contributed by atoms with van der Waals surface area (Å²) in [4.78, 5) is 11.2. The van der Waals surface area contributed by atoms with Crippen LogP contribution in [0.2, 0.25) is 0 Å². The van der Waals surface area contributed by atoms with Gasteiger partial charge in [0.2, 0.25) is 0 Å². The van der Waals surface area contributed by atoms with E-state index < -0.39 is 0 Å². The Bertz CT molecular complexity index is 188. The molecule has 1 N–H and O–H groups in total. The Morgan fingerprint density at radius 2 is 2.12 bits per heavy atom. The smallest absolute Gasteiger partial charge is 0.319 e. The molecule has 0 radical (unpaired) electrons. The van der Waals surface area contributed by atoms with E-state index in [0.29, 0.717) is 13.2 Å². The normalized spacial score (nSPS) is 16.6. The van der Waals surface area contributed by atoms with Crippen molar-refractivity contribution in [2.45, 2.75) is 51.9 Å². The van der Waals surface area contributed by atoms with Crippen LogP contribution in [-0.2, 0) is 9.53 Å². The lowest BCUT2D eigenvalue weighted by Gasteiger charge is -2.09. The van der Waals surface area contributed by atoms with E-state index in [1.54, 1.807) is 0 Å². The van der Waals surface area contributed by atoms with Gasteiger partial charge in [0.05, 0.1) is 13.2 Å². The molecule has 0 amide bonds. The molecule has 0 bridgehead atoms. The van der Waals surface area contributed by atoms with Crippen LogP contribution in [0, 0.1) is 5.92 Å². The molecule has 1 fully saturated rings. The van der Waals surface area contributed by atoms with Crippen LogP contribution in [0.5, 0.6) is 0 Å². The molecule has 1 aliphatic rings. The fourth-order valence-electron chi connectivity index (χ4n) is 2.18. The first kappa shape index (κ1) is 13.5. The van der Waals surface area contributed by atoms with Crippen LogP contribution < -0.4 is 5.32 Å². The van der Waals surface area contributed by atoms with Crippen molar-refractivity contribution in [2.75, 3.05) is 19.7 Å². The number of carbonyl (C=O) groups excluding carboxylic acids is 1. The summed E-state index contributed by atoms with van der Waals surface area (Å²) < 4.78 is 5.05. The highest BCUT2D eigenvalue weighted by atomic mass is 16.5. The lowest BCUT2D eigenvalue weighted by atomic mass is 10.0. The second-order valence-corrected chi connectivity index (χ2v) is 4.69. The first-order valence-electron chi connectivity index (χ1n) is 6.69. The van der Waals surface area contributed by atoms with Crippen molar-refractivity contribution in [3.63, 3.8) is 0 Å². The molecule has 1 rings (SSSR count). The van der Waals surface area contributed by atoms with E-state index >= 15 is 0 Å². The van der Waals surface area contributed by atoms with Crippen LogP contribution in [0.4, 0.5) is 0 Å². The molecule has 0 atom stereocenters. The van der Waals surface area contributed by atoms with Crippen LogP contribution in [0.25, 0.3) is 0 Å². The summed E-state index contributed by atoms with van der Waals surface area (Å²) in [5, 5.41) is 3.16. The van der Waals surface area contributed by atoms with Gasteiger partial charge in [-0.15, -0.1) is 0 Å². The zero-order valence-electron chi connectivity index (χ0n) is 10.5. The lowest BCUT2D eigenvalue weighted by Crippen LogP contribution is -2.26. The molecule has 0 aliphatic heterocycles. The van der Waals surface area contributed by atoms with Crippen LogP contribution in [0.1, 0.15) is 51.9 Å². The van der Waals surface area contributed by atoms with Crippen molar-refractivity contribution in [3.8, 4) is 0 Å². The molecular formula is C13H25NO2. The minimum atomic E-state index is -0.111. The number of nitrogens with one attached hydrogen (secondary N) is 1. The van der Waals surface area contributed by atoms with Gasteiger partial charge in [-0.25, -0.2) is 0 Å². The predicted molar refractivity (Wildman–Crippen MR) is 65.3 cm³/mol. The molecule has 0 unspecified atom stereocenters. The Balaban J connectivity index is 1.87. The van der Waals surface area contributed by atoms with Gasteiger partial charge in [-0.05, 0) is 25.3 Å². The highest BCUT2D eigenvalue weighted by Crippen LogP contribution is 2.26. The van der Waals surface area contributed by atoms with Gasteiger partial charge in [0.25, 0.3) is 0 Å². The standard InChI is InChI=1S/C13H25NO2/c1-2-3-10-16-13(15)11-14-9-8-12-6-4-5-7-12/h12,14H,2-11H2,1H3. The Labute approximate surface area is 98.9 Å². The van der Waals surface area contributed by atoms with E-state index in [1.165, 1.54) is 32.1 Å². The summed E-state index contributed by atoms with van der Waals surface area (Å²) in [7, 11) is 0. The quantitative estimate of drug-likeness (QED) is 0.511. The third-order valence-corrected chi connectivity index (χ3v) is 3.23. The Hall–Kier alpha value is -0.570. The van der Waals surface area contributed by atoms with Gasteiger partial charge in [0.15, 0.2) is 0 Å². The molecule has 0 heterocycles. The molecule has 3 heteroatoms. The third-order valence-electron chi connectivity index (χ3n) is 3.23. The maximum Gasteiger partial charge on any atom is 0.319 e. The minimum absolute atomic E-state index is 0.111. The highest BCUT2D eigenvalue weighted by molar-refractivity contribution is 5.71. The second kappa shape index (κ2) is 8.57. The monoisotopic (exact) mass is 227 g/mol. The van der Waals surface area contributed by atoms with Crippen molar-refractivity contribution >= 4 is 5.97 Å². The maximum absolute atomic E-state index is 11.2. The second-order valence-electron chi connectivity index (χ2n) is 4.69. The molecule has 0 spiro atoms.